The molecule has 0 radical (unpaired) electrons. The van der Waals surface area contributed by atoms with Crippen molar-refractivity contribution in [2.45, 2.75) is 263 Å². The summed E-state index contributed by atoms with van der Waals surface area (Å²) in [6, 6.07) is -0.988. The van der Waals surface area contributed by atoms with Gasteiger partial charge in [0.15, 0.2) is 0 Å². The van der Waals surface area contributed by atoms with Gasteiger partial charge < -0.3 is 25.7 Å². The van der Waals surface area contributed by atoms with Gasteiger partial charge in [-0.25, -0.2) is 0 Å². The van der Waals surface area contributed by atoms with E-state index in [9.17, 15) is 25.2 Å². The van der Waals surface area contributed by atoms with Crippen LogP contribution in [0, 0.1) is 0 Å². The molecule has 0 aromatic heterocycles. The van der Waals surface area contributed by atoms with Gasteiger partial charge in [0.2, 0.25) is 5.91 Å². The fourth-order valence-electron chi connectivity index (χ4n) is 7.20. The van der Waals surface area contributed by atoms with Crippen LogP contribution in [-0.4, -0.2) is 57.3 Å². The van der Waals surface area contributed by atoms with Crippen molar-refractivity contribution >= 4 is 5.91 Å². The molecule has 4 atom stereocenters. The van der Waals surface area contributed by atoms with Gasteiger partial charge in [0.25, 0.3) is 0 Å². The Morgan fingerprint density at radius 2 is 0.811 bits per heavy atom. The highest BCUT2D eigenvalue weighted by Gasteiger charge is 2.28. The summed E-state index contributed by atoms with van der Waals surface area (Å²) in [6.45, 7) is 4.05. The van der Waals surface area contributed by atoms with E-state index in [-0.39, 0.29) is 0 Å². The van der Waals surface area contributed by atoms with Gasteiger partial charge in [-0.05, 0) is 44.9 Å². The molecule has 5 N–H and O–H groups in total. The average molecular weight is 750 g/mol. The molecule has 0 heterocycles. The number of carbonyl (C=O) groups excluding carboxylic acids is 1. The van der Waals surface area contributed by atoms with Gasteiger partial charge in [-0.2, -0.15) is 0 Å². The van der Waals surface area contributed by atoms with Crippen molar-refractivity contribution in [3.05, 3.63) is 24.3 Å². The van der Waals surface area contributed by atoms with E-state index >= 15 is 0 Å². The van der Waals surface area contributed by atoms with Crippen molar-refractivity contribution in [2.75, 3.05) is 6.61 Å². The predicted molar refractivity (Wildman–Crippen MR) is 228 cm³/mol. The number of hydrogen-bond acceptors (Lipinski definition) is 5. The van der Waals surface area contributed by atoms with Crippen LogP contribution in [0.1, 0.15) is 239 Å². The first-order chi connectivity index (χ1) is 26.0. The van der Waals surface area contributed by atoms with Crippen molar-refractivity contribution in [2.24, 2.45) is 0 Å². The number of amides is 1. The van der Waals surface area contributed by atoms with E-state index in [1.165, 1.54) is 154 Å². The summed E-state index contributed by atoms with van der Waals surface area (Å²) in [5.41, 5.74) is 0. The highest BCUT2D eigenvalue weighted by Crippen LogP contribution is 2.16. The Kier molecular flexibility index (Phi) is 41.0. The summed E-state index contributed by atoms with van der Waals surface area (Å²) in [5.74, 6) is -0.590. The summed E-state index contributed by atoms with van der Waals surface area (Å²) < 4.78 is 0. The minimum atomic E-state index is -1.26. The molecule has 0 bridgehead atoms. The molecule has 53 heavy (non-hydrogen) atoms. The van der Waals surface area contributed by atoms with Crippen molar-refractivity contribution in [1.82, 2.24) is 5.32 Å². The minimum absolute atomic E-state index is 0.358. The molecule has 0 aromatic rings. The maximum absolute atomic E-state index is 12.5. The van der Waals surface area contributed by atoms with Gasteiger partial charge in [0.05, 0.1) is 18.8 Å². The molecule has 0 aliphatic rings. The highest BCUT2D eigenvalue weighted by molar-refractivity contribution is 5.80. The van der Waals surface area contributed by atoms with Crippen LogP contribution in [0.5, 0.6) is 0 Å². The molecule has 6 heteroatoms. The van der Waals surface area contributed by atoms with Gasteiger partial charge in [-0.1, -0.05) is 218 Å². The third-order valence-corrected chi connectivity index (χ3v) is 10.9. The van der Waals surface area contributed by atoms with E-state index in [0.717, 1.165) is 57.8 Å². The molecule has 0 spiro atoms. The van der Waals surface area contributed by atoms with E-state index in [2.05, 4.69) is 43.5 Å². The zero-order valence-corrected chi connectivity index (χ0v) is 35.3. The zero-order chi connectivity index (χ0) is 38.9. The second-order valence-corrected chi connectivity index (χ2v) is 16.1. The largest absolute Gasteiger partial charge is 0.394 e. The van der Waals surface area contributed by atoms with Crippen LogP contribution in [0.2, 0.25) is 0 Å². The van der Waals surface area contributed by atoms with Crippen molar-refractivity contribution in [3.63, 3.8) is 0 Å². The van der Waals surface area contributed by atoms with Crippen LogP contribution < -0.4 is 5.32 Å². The second-order valence-electron chi connectivity index (χ2n) is 16.1. The number of carbonyl (C=O) groups is 1. The minimum Gasteiger partial charge on any atom is -0.394 e. The Labute approximate surface area is 329 Å². The molecule has 0 fully saturated rings. The molecule has 0 aliphatic heterocycles. The summed E-state index contributed by atoms with van der Waals surface area (Å²) in [4.78, 5) is 12.5. The molecule has 0 aromatic carbocycles. The number of aliphatic hydroxyl groups excluding tert-OH is 4. The number of hydrogen-bond donors (Lipinski definition) is 5. The molecule has 0 rings (SSSR count). The third kappa shape index (κ3) is 36.2. The van der Waals surface area contributed by atoms with Gasteiger partial charge in [0.1, 0.15) is 12.2 Å². The van der Waals surface area contributed by atoms with E-state index in [0.29, 0.717) is 12.8 Å². The molecule has 1 amide bonds. The highest BCUT2D eigenvalue weighted by atomic mass is 16.3. The molecule has 0 saturated heterocycles. The maximum atomic E-state index is 12.5. The number of rotatable bonds is 42. The summed E-state index contributed by atoms with van der Waals surface area (Å²) >= 11 is 0. The first-order valence-electron chi connectivity index (χ1n) is 23.2. The third-order valence-electron chi connectivity index (χ3n) is 10.9. The molecule has 6 nitrogen and oxygen atoms in total. The quantitative estimate of drug-likeness (QED) is 0.0315. The normalized spacial score (nSPS) is 14.3. The summed E-state index contributed by atoms with van der Waals surface area (Å²) in [7, 11) is 0. The molecular formula is C47H91NO5. The van der Waals surface area contributed by atoms with Gasteiger partial charge >= 0.3 is 0 Å². The number of aliphatic hydroxyl groups is 4. The van der Waals surface area contributed by atoms with Gasteiger partial charge in [-0.3, -0.25) is 4.79 Å². The SMILES string of the molecule is CCCCCCCCCCC/C=C\C/C=C\CCCCCCCCC(O)C(=O)NC(CO)C(O)C(O)CCCCCCCCCCCCCCCCC. The standard InChI is InChI=1S/C47H91NO5/c1-3-5-7-9-11-13-15-17-19-20-21-22-23-24-25-27-29-31-33-35-37-39-41-45(51)47(53)48-43(42-49)46(52)44(50)40-38-36-34-32-30-28-26-18-16-14-12-10-8-6-4-2/h21-22,24-25,43-46,49-52H,3-20,23,26-42H2,1-2H3,(H,48,53)/b22-21-,25-24-. The topological polar surface area (TPSA) is 110 Å². The number of allylic oxidation sites excluding steroid dienone is 4. The molecule has 0 saturated carbocycles. The number of unbranched alkanes of at least 4 members (excludes halogenated alkanes) is 29. The Morgan fingerprint density at radius 1 is 0.472 bits per heavy atom. The first-order valence-corrected chi connectivity index (χ1v) is 23.2. The Morgan fingerprint density at radius 3 is 1.19 bits per heavy atom. The number of nitrogens with one attached hydrogen (secondary N) is 1. The maximum Gasteiger partial charge on any atom is 0.249 e. The van der Waals surface area contributed by atoms with Crippen LogP contribution >= 0.6 is 0 Å². The summed E-state index contributed by atoms with van der Waals surface area (Å²) in [5, 5.41) is 43.7. The lowest BCUT2D eigenvalue weighted by molar-refractivity contribution is -0.132. The van der Waals surface area contributed by atoms with E-state index in [4.69, 9.17) is 0 Å². The first kappa shape index (κ1) is 51.8. The van der Waals surface area contributed by atoms with Crippen molar-refractivity contribution in [3.8, 4) is 0 Å². The van der Waals surface area contributed by atoms with Crippen LogP contribution in [0.15, 0.2) is 24.3 Å². The van der Waals surface area contributed by atoms with Gasteiger partial charge in [-0.15, -0.1) is 0 Å². The Hall–Kier alpha value is -1.21. The second kappa shape index (κ2) is 41.9. The molecule has 314 valence electrons. The predicted octanol–water partition coefficient (Wildman–Crippen LogP) is 12.4. The fraction of sp³-hybridized carbons (Fsp3) is 0.894. The monoisotopic (exact) mass is 750 g/mol. The lowest BCUT2D eigenvalue weighted by atomic mass is 9.99. The summed E-state index contributed by atoms with van der Waals surface area (Å²) in [6.07, 6.45) is 47.8. The lowest BCUT2D eigenvalue weighted by Gasteiger charge is -2.27. The molecule has 4 unspecified atom stereocenters. The van der Waals surface area contributed by atoms with Crippen molar-refractivity contribution in [1.29, 1.82) is 0 Å². The zero-order valence-electron chi connectivity index (χ0n) is 35.3. The lowest BCUT2D eigenvalue weighted by Crippen LogP contribution is -2.53. The van der Waals surface area contributed by atoms with Crippen LogP contribution in [0.4, 0.5) is 0 Å². The fourth-order valence-corrected chi connectivity index (χ4v) is 7.20. The Bertz CT molecular complexity index is 802. The average Bonchev–Trinajstić information content (AvgIpc) is 3.16. The molecule has 0 aliphatic carbocycles. The smallest absolute Gasteiger partial charge is 0.249 e. The van der Waals surface area contributed by atoms with E-state index in [1.54, 1.807) is 0 Å². The van der Waals surface area contributed by atoms with E-state index in [1.807, 2.05) is 0 Å². The molecular weight excluding hydrogens is 659 g/mol. The van der Waals surface area contributed by atoms with Crippen molar-refractivity contribution < 1.29 is 25.2 Å². The van der Waals surface area contributed by atoms with Crippen LogP contribution in [-0.2, 0) is 4.79 Å². The van der Waals surface area contributed by atoms with Crippen LogP contribution in [0.25, 0.3) is 0 Å². The Balaban J connectivity index is 3.73. The van der Waals surface area contributed by atoms with E-state index < -0.39 is 36.9 Å². The van der Waals surface area contributed by atoms with Crippen LogP contribution in [0.3, 0.4) is 0 Å². The van der Waals surface area contributed by atoms with Gasteiger partial charge in [0, 0.05) is 0 Å².